The summed E-state index contributed by atoms with van der Waals surface area (Å²) in [6.07, 6.45) is 5.00. The Balaban J connectivity index is 1.43. The van der Waals surface area contributed by atoms with Gasteiger partial charge < -0.3 is 19.5 Å². The normalized spacial score (nSPS) is 16.1. The number of aromatic nitrogens is 2. The predicted molar refractivity (Wildman–Crippen MR) is 155 cm³/mol. The molecule has 212 valence electrons. The average Bonchev–Trinajstić information content (AvgIpc) is 3.48. The van der Waals surface area contributed by atoms with Crippen LogP contribution in [0.25, 0.3) is 16.6 Å². The second-order valence-corrected chi connectivity index (χ2v) is 10.8. The molecular formula is C30H28ClF2N5O3. The summed E-state index contributed by atoms with van der Waals surface area (Å²) in [5, 5.41) is 9.41. The topological polar surface area (TPSA) is 81.9 Å². The zero-order chi connectivity index (χ0) is 28.7. The Morgan fingerprint density at radius 2 is 1.68 bits per heavy atom. The molecule has 2 fully saturated rings. The van der Waals surface area contributed by atoms with Crippen molar-refractivity contribution in [2.45, 2.75) is 19.4 Å². The molecule has 0 spiro atoms. The minimum atomic E-state index is -1.50. The lowest BCUT2D eigenvalue weighted by molar-refractivity contribution is 0.0695. The quantitative estimate of drug-likeness (QED) is 0.347. The molecule has 4 aromatic rings. The van der Waals surface area contributed by atoms with E-state index in [4.69, 9.17) is 11.6 Å². The smallest absolute Gasteiger partial charge is 0.341 e. The minimum absolute atomic E-state index is 0.0158. The molecule has 41 heavy (non-hydrogen) atoms. The summed E-state index contributed by atoms with van der Waals surface area (Å²) in [6, 6.07) is 11.4. The third-order valence-corrected chi connectivity index (χ3v) is 8.19. The van der Waals surface area contributed by atoms with Crippen LogP contribution in [0, 0.1) is 11.6 Å². The van der Waals surface area contributed by atoms with E-state index in [1.807, 2.05) is 18.2 Å². The predicted octanol–water partition coefficient (Wildman–Crippen LogP) is 4.94. The van der Waals surface area contributed by atoms with Gasteiger partial charge in [-0.15, -0.1) is 0 Å². The van der Waals surface area contributed by atoms with Crippen LogP contribution in [-0.2, 0) is 6.54 Å². The van der Waals surface area contributed by atoms with Gasteiger partial charge in [-0.3, -0.25) is 9.69 Å². The second-order valence-electron chi connectivity index (χ2n) is 10.4. The molecule has 2 aromatic heterocycles. The van der Waals surface area contributed by atoms with Crippen LogP contribution in [0.1, 0.15) is 28.8 Å². The van der Waals surface area contributed by atoms with E-state index in [0.717, 1.165) is 49.6 Å². The molecule has 0 unspecified atom stereocenters. The van der Waals surface area contributed by atoms with E-state index in [-0.39, 0.29) is 27.3 Å². The van der Waals surface area contributed by atoms with Crippen LogP contribution >= 0.6 is 11.6 Å². The highest BCUT2D eigenvalue weighted by molar-refractivity contribution is 6.38. The van der Waals surface area contributed by atoms with Gasteiger partial charge >= 0.3 is 5.97 Å². The number of carboxylic acid groups (broad SMARTS) is 1. The average molecular weight is 580 g/mol. The van der Waals surface area contributed by atoms with E-state index in [9.17, 15) is 14.7 Å². The highest BCUT2D eigenvalue weighted by atomic mass is 35.5. The Morgan fingerprint density at radius 3 is 2.34 bits per heavy atom. The number of carbonyl (C=O) groups is 1. The van der Waals surface area contributed by atoms with E-state index in [1.165, 1.54) is 10.6 Å². The molecule has 0 bridgehead atoms. The SMILES string of the molecule is O=C(O)c1cn(-c2ccc(CN3CCCC3)cc2F)c2c(Cl)c(N3CCN(c4ccccn4)CC3)c(F)cc2c1=O. The minimum Gasteiger partial charge on any atom is -0.477 e. The lowest BCUT2D eigenvalue weighted by Gasteiger charge is -2.37. The fourth-order valence-corrected chi connectivity index (χ4v) is 6.18. The van der Waals surface area contributed by atoms with Gasteiger partial charge in [-0.05, 0) is 61.8 Å². The van der Waals surface area contributed by atoms with Gasteiger partial charge in [0.25, 0.3) is 0 Å². The maximum atomic E-state index is 15.6. The molecule has 0 radical (unpaired) electrons. The number of anilines is 2. The Hall–Kier alpha value is -4.02. The molecule has 0 amide bonds. The molecule has 4 heterocycles. The highest BCUT2D eigenvalue weighted by Crippen LogP contribution is 2.37. The summed E-state index contributed by atoms with van der Waals surface area (Å²) >= 11 is 6.85. The van der Waals surface area contributed by atoms with Gasteiger partial charge in [-0.1, -0.05) is 23.7 Å². The molecule has 0 saturated carbocycles. The fourth-order valence-electron chi connectivity index (χ4n) is 5.78. The Bertz CT molecular complexity index is 1680. The van der Waals surface area contributed by atoms with E-state index < -0.39 is 28.6 Å². The first-order valence-corrected chi connectivity index (χ1v) is 13.9. The van der Waals surface area contributed by atoms with Gasteiger partial charge in [-0.2, -0.15) is 0 Å². The van der Waals surface area contributed by atoms with Crippen LogP contribution in [0.3, 0.4) is 0 Å². The molecular weight excluding hydrogens is 552 g/mol. The molecule has 2 aliphatic heterocycles. The Kier molecular flexibility index (Phi) is 7.35. The van der Waals surface area contributed by atoms with Gasteiger partial charge in [0.2, 0.25) is 5.43 Å². The number of pyridine rings is 2. The fraction of sp³-hybridized carbons (Fsp3) is 0.300. The monoisotopic (exact) mass is 579 g/mol. The van der Waals surface area contributed by atoms with Gasteiger partial charge in [-0.25, -0.2) is 18.6 Å². The first-order valence-electron chi connectivity index (χ1n) is 13.5. The number of likely N-dealkylation sites (tertiary alicyclic amines) is 1. The summed E-state index contributed by atoms with van der Waals surface area (Å²) in [4.78, 5) is 35.6. The largest absolute Gasteiger partial charge is 0.477 e. The van der Waals surface area contributed by atoms with Crippen molar-refractivity contribution in [3.8, 4) is 5.69 Å². The molecule has 2 saturated heterocycles. The third-order valence-electron chi connectivity index (χ3n) is 7.83. The number of aromatic carboxylic acids is 1. The highest BCUT2D eigenvalue weighted by Gasteiger charge is 2.27. The second kappa shape index (κ2) is 11.1. The first-order chi connectivity index (χ1) is 19.8. The molecule has 0 atom stereocenters. The molecule has 11 heteroatoms. The number of rotatable bonds is 6. The van der Waals surface area contributed by atoms with E-state index in [1.54, 1.807) is 23.2 Å². The van der Waals surface area contributed by atoms with E-state index in [2.05, 4.69) is 14.8 Å². The maximum absolute atomic E-state index is 15.6. The van der Waals surface area contributed by atoms with Crippen molar-refractivity contribution in [1.82, 2.24) is 14.5 Å². The maximum Gasteiger partial charge on any atom is 0.341 e. The molecule has 1 N–H and O–H groups in total. The molecule has 8 nitrogen and oxygen atoms in total. The van der Waals surface area contributed by atoms with Crippen molar-refractivity contribution >= 4 is 40.0 Å². The third kappa shape index (κ3) is 5.13. The number of nitrogens with zero attached hydrogens (tertiary/aromatic N) is 5. The number of piperazine rings is 1. The number of fused-ring (bicyclic) bond motifs is 1. The Labute approximate surface area is 240 Å². The standard InChI is InChI=1S/C30H28ClF2N5O3/c31-26-27-20(16-23(33)28(26)37-13-11-36(12-14-37)25-5-1-2-8-34-25)29(39)21(30(40)41)18-38(27)24-7-6-19(15-22(24)32)17-35-9-3-4-10-35/h1-2,5-8,15-16,18H,3-4,9-14,17H2,(H,40,41). The van der Waals surface area contributed by atoms with Gasteiger partial charge in [0, 0.05) is 45.1 Å². The van der Waals surface area contributed by atoms with Gasteiger partial charge in [0.05, 0.1) is 27.3 Å². The first kappa shape index (κ1) is 27.2. The van der Waals surface area contributed by atoms with Crippen molar-refractivity contribution in [1.29, 1.82) is 0 Å². The number of halogens is 3. The summed E-state index contributed by atoms with van der Waals surface area (Å²) in [5.41, 5.74) is -0.562. The number of benzene rings is 2. The zero-order valence-electron chi connectivity index (χ0n) is 22.2. The molecule has 2 aliphatic rings. The van der Waals surface area contributed by atoms with Crippen LogP contribution in [0.2, 0.25) is 5.02 Å². The number of carboxylic acids is 1. The summed E-state index contributed by atoms with van der Waals surface area (Å²) in [7, 11) is 0. The molecule has 6 rings (SSSR count). The van der Waals surface area contributed by atoms with Gasteiger partial charge in [0.1, 0.15) is 23.0 Å². The van der Waals surface area contributed by atoms with Crippen LogP contribution in [0.5, 0.6) is 0 Å². The van der Waals surface area contributed by atoms with E-state index in [0.29, 0.717) is 32.7 Å². The lowest BCUT2D eigenvalue weighted by Crippen LogP contribution is -2.47. The lowest BCUT2D eigenvalue weighted by atomic mass is 10.1. The van der Waals surface area contributed by atoms with Crippen molar-refractivity contribution < 1.29 is 18.7 Å². The van der Waals surface area contributed by atoms with Gasteiger partial charge in [0.15, 0.2) is 0 Å². The Morgan fingerprint density at radius 1 is 0.951 bits per heavy atom. The zero-order valence-corrected chi connectivity index (χ0v) is 22.9. The molecule has 0 aliphatic carbocycles. The van der Waals surface area contributed by atoms with Crippen molar-refractivity contribution in [2.24, 2.45) is 0 Å². The van der Waals surface area contributed by atoms with Crippen molar-refractivity contribution in [3.63, 3.8) is 0 Å². The van der Waals surface area contributed by atoms with Crippen LogP contribution in [0.15, 0.2) is 59.7 Å². The number of hydrogen-bond donors (Lipinski definition) is 1. The summed E-state index contributed by atoms with van der Waals surface area (Å²) in [5.74, 6) is -2.03. The van der Waals surface area contributed by atoms with E-state index >= 15 is 8.78 Å². The van der Waals surface area contributed by atoms with Crippen LogP contribution < -0.4 is 15.2 Å². The summed E-state index contributed by atoms with van der Waals surface area (Å²) < 4.78 is 32.5. The van der Waals surface area contributed by atoms with Crippen molar-refractivity contribution in [2.75, 3.05) is 49.1 Å². The van der Waals surface area contributed by atoms with Crippen LogP contribution in [-0.4, -0.2) is 64.8 Å². The summed E-state index contributed by atoms with van der Waals surface area (Å²) in [6.45, 7) is 4.48. The van der Waals surface area contributed by atoms with Crippen LogP contribution in [0.4, 0.5) is 20.3 Å². The van der Waals surface area contributed by atoms with Crippen molar-refractivity contribution in [3.05, 3.63) is 92.9 Å². The molecule has 2 aromatic carbocycles. The number of hydrogen-bond acceptors (Lipinski definition) is 6.